The van der Waals surface area contributed by atoms with Crippen LogP contribution in [0, 0.1) is 0 Å². The lowest BCUT2D eigenvalue weighted by atomic mass is 10.0. The van der Waals surface area contributed by atoms with Crippen molar-refractivity contribution >= 4 is 23.3 Å². The van der Waals surface area contributed by atoms with Crippen LogP contribution in [0.4, 0.5) is 5.82 Å². The van der Waals surface area contributed by atoms with E-state index in [1.807, 2.05) is 29.2 Å². The maximum absolute atomic E-state index is 12.9. The summed E-state index contributed by atoms with van der Waals surface area (Å²) >= 11 is 6.06. The number of carbonyl (C=O) groups is 1. The first-order chi connectivity index (χ1) is 11.6. The van der Waals surface area contributed by atoms with Gasteiger partial charge >= 0.3 is 0 Å². The number of likely N-dealkylation sites (tertiary alicyclic amines) is 1. The molecule has 0 spiro atoms. The van der Waals surface area contributed by atoms with Gasteiger partial charge in [0, 0.05) is 29.9 Å². The van der Waals surface area contributed by atoms with E-state index in [9.17, 15) is 4.79 Å². The van der Waals surface area contributed by atoms with E-state index >= 15 is 0 Å². The minimum absolute atomic E-state index is 0.113. The highest BCUT2D eigenvalue weighted by molar-refractivity contribution is 6.33. The first-order valence-corrected chi connectivity index (χ1v) is 8.80. The minimum Gasteiger partial charge on any atom is -0.382 e. The second-order valence-corrected chi connectivity index (χ2v) is 6.66. The number of carbonyl (C=O) groups excluding carboxylic acids is 1. The third kappa shape index (κ3) is 3.39. The number of nitrogen functional groups attached to an aromatic ring is 1. The van der Waals surface area contributed by atoms with Crippen LogP contribution in [-0.2, 0) is 0 Å². The lowest BCUT2D eigenvalue weighted by Crippen LogP contribution is -2.35. The topological polar surface area (TPSA) is 59.2 Å². The van der Waals surface area contributed by atoms with Crippen molar-refractivity contribution < 1.29 is 4.79 Å². The van der Waals surface area contributed by atoms with Gasteiger partial charge in [-0.1, -0.05) is 37.1 Å². The maximum atomic E-state index is 12.9. The van der Waals surface area contributed by atoms with E-state index in [-0.39, 0.29) is 5.91 Å². The predicted octanol–water partition coefficient (Wildman–Crippen LogP) is 4.39. The number of nitrogens with two attached hydrogens (primary N) is 1. The predicted molar refractivity (Wildman–Crippen MR) is 98.1 cm³/mol. The highest BCUT2D eigenvalue weighted by Gasteiger charge is 2.28. The number of rotatable bonds is 4. The number of benzene rings is 1. The molecule has 0 aliphatic carbocycles. The smallest absolute Gasteiger partial charge is 0.254 e. The van der Waals surface area contributed by atoms with Gasteiger partial charge in [-0.15, -0.1) is 0 Å². The van der Waals surface area contributed by atoms with Crippen LogP contribution in [0.15, 0.2) is 36.5 Å². The molecule has 2 aromatic rings. The molecule has 1 aliphatic heterocycles. The van der Waals surface area contributed by atoms with E-state index in [0.29, 0.717) is 22.4 Å². The van der Waals surface area contributed by atoms with E-state index in [1.54, 1.807) is 12.3 Å². The first-order valence-electron chi connectivity index (χ1n) is 8.42. The molecule has 1 amide bonds. The van der Waals surface area contributed by atoms with Crippen molar-refractivity contribution in [1.82, 2.24) is 9.88 Å². The third-order valence-electron chi connectivity index (χ3n) is 4.57. The molecule has 5 heteroatoms. The average molecular weight is 344 g/mol. The van der Waals surface area contributed by atoms with Crippen LogP contribution in [0.5, 0.6) is 0 Å². The molecule has 2 heterocycles. The van der Waals surface area contributed by atoms with Crippen molar-refractivity contribution in [3.63, 3.8) is 0 Å². The van der Waals surface area contributed by atoms with E-state index in [0.717, 1.165) is 43.4 Å². The molecule has 4 nitrogen and oxygen atoms in total. The summed E-state index contributed by atoms with van der Waals surface area (Å²) in [5, 5.41) is 0.423. The van der Waals surface area contributed by atoms with Crippen LogP contribution < -0.4 is 5.73 Å². The van der Waals surface area contributed by atoms with Gasteiger partial charge in [0.2, 0.25) is 0 Å². The Bertz CT molecular complexity index is 747. The summed E-state index contributed by atoms with van der Waals surface area (Å²) in [5.74, 6) is 0.425. The zero-order valence-electron chi connectivity index (χ0n) is 13.8. The Morgan fingerprint density at radius 1 is 1.38 bits per heavy atom. The van der Waals surface area contributed by atoms with Gasteiger partial charge in [0.1, 0.15) is 5.82 Å². The van der Waals surface area contributed by atoms with Gasteiger partial charge in [-0.25, -0.2) is 4.98 Å². The molecule has 1 aromatic carbocycles. The Morgan fingerprint density at radius 3 is 2.96 bits per heavy atom. The Labute approximate surface area is 147 Å². The van der Waals surface area contributed by atoms with Gasteiger partial charge in [-0.05, 0) is 43.0 Å². The van der Waals surface area contributed by atoms with Gasteiger partial charge in [0.05, 0.1) is 5.02 Å². The Balaban J connectivity index is 1.87. The second-order valence-electron chi connectivity index (χ2n) is 6.26. The second kappa shape index (κ2) is 7.22. The monoisotopic (exact) mass is 343 g/mol. The van der Waals surface area contributed by atoms with Crippen molar-refractivity contribution in [1.29, 1.82) is 0 Å². The van der Waals surface area contributed by atoms with E-state index < -0.39 is 0 Å². The summed E-state index contributed by atoms with van der Waals surface area (Å²) in [6, 6.07) is 9.79. The Morgan fingerprint density at radius 2 is 2.21 bits per heavy atom. The van der Waals surface area contributed by atoms with Crippen molar-refractivity contribution in [2.45, 2.75) is 38.6 Å². The molecular formula is C19H22ClN3O. The number of amides is 1. The molecule has 1 aromatic heterocycles. The zero-order valence-corrected chi connectivity index (χ0v) is 14.6. The highest BCUT2D eigenvalue weighted by atomic mass is 35.5. The SMILES string of the molecule is CCCC1CCCN1C(=O)c1cccc(-c2cnc(N)c(Cl)c2)c1. The fourth-order valence-electron chi connectivity index (χ4n) is 3.34. The molecule has 1 saturated heterocycles. The van der Waals surface area contributed by atoms with Crippen LogP contribution in [0.2, 0.25) is 5.02 Å². The number of halogens is 1. The van der Waals surface area contributed by atoms with Crippen molar-refractivity contribution in [2.75, 3.05) is 12.3 Å². The van der Waals surface area contributed by atoms with Gasteiger partial charge < -0.3 is 10.6 Å². The summed E-state index contributed by atoms with van der Waals surface area (Å²) in [6.45, 7) is 3.02. The Kier molecular flexibility index (Phi) is 5.05. The summed E-state index contributed by atoms with van der Waals surface area (Å²) in [6.07, 6.45) is 6.05. The average Bonchev–Trinajstić information content (AvgIpc) is 3.05. The molecule has 1 aliphatic rings. The van der Waals surface area contributed by atoms with Crippen molar-refractivity contribution in [3.8, 4) is 11.1 Å². The van der Waals surface area contributed by atoms with E-state index in [4.69, 9.17) is 17.3 Å². The van der Waals surface area contributed by atoms with Crippen LogP contribution in [0.25, 0.3) is 11.1 Å². The summed E-state index contributed by atoms with van der Waals surface area (Å²) in [7, 11) is 0. The van der Waals surface area contributed by atoms with Crippen molar-refractivity contribution in [2.24, 2.45) is 0 Å². The molecule has 24 heavy (non-hydrogen) atoms. The fourth-order valence-corrected chi connectivity index (χ4v) is 3.51. The van der Waals surface area contributed by atoms with Crippen molar-refractivity contribution in [3.05, 3.63) is 47.1 Å². The van der Waals surface area contributed by atoms with Gasteiger partial charge in [-0.2, -0.15) is 0 Å². The largest absolute Gasteiger partial charge is 0.382 e. The van der Waals surface area contributed by atoms with Crippen LogP contribution in [0.3, 0.4) is 0 Å². The summed E-state index contributed by atoms with van der Waals surface area (Å²) < 4.78 is 0. The fraction of sp³-hybridized carbons (Fsp3) is 0.368. The van der Waals surface area contributed by atoms with Gasteiger partial charge in [0.15, 0.2) is 0 Å². The summed E-state index contributed by atoms with van der Waals surface area (Å²) in [4.78, 5) is 19.0. The van der Waals surface area contributed by atoms with Gasteiger partial charge in [-0.3, -0.25) is 4.79 Å². The molecule has 0 saturated carbocycles. The standard InChI is InChI=1S/C19H22ClN3O/c1-2-5-16-8-4-9-23(16)19(24)14-7-3-6-13(10-14)15-11-17(20)18(21)22-12-15/h3,6-7,10-12,16H,2,4-5,8-9H2,1H3,(H2,21,22). The molecular weight excluding hydrogens is 322 g/mol. The normalized spacial score (nSPS) is 17.2. The molecule has 0 radical (unpaired) electrons. The zero-order chi connectivity index (χ0) is 17.1. The molecule has 1 fully saturated rings. The van der Waals surface area contributed by atoms with Crippen LogP contribution in [-0.4, -0.2) is 28.4 Å². The first kappa shape index (κ1) is 16.8. The molecule has 1 atom stereocenters. The number of nitrogens with zero attached hydrogens (tertiary/aromatic N) is 2. The third-order valence-corrected chi connectivity index (χ3v) is 4.88. The molecule has 2 N–H and O–H groups in total. The quantitative estimate of drug-likeness (QED) is 0.895. The van der Waals surface area contributed by atoms with E-state index in [2.05, 4.69) is 11.9 Å². The number of hydrogen-bond acceptors (Lipinski definition) is 3. The minimum atomic E-state index is 0.113. The van der Waals surface area contributed by atoms with Crippen LogP contribution in [0.1, 0.15) is 43.0 Å². The van der Waals surface area contributed by atoms with Gasteiger partial charge in [0.25, 0.3) is 5.91 Å². The number of pyridine rings is 1. The van der Waals surface area contributed by atoms with Crippen LogP contribution >= 0.6 is 11.6 Å². The molecule has 1 unspecified atom stereocenters. The van der Waals surface area contributed by atoms with E-state index in [1.165, 1.54) is 0 Å². The Hall–Kier alpha value is -2.07. The lowest BCUT2D eigenvalue weighted by molar-refractivity contribution is 0.0730. The number of anilines is 1. The molecule has 3 rings (SSSR count). The number of aromatic nitrogens is 1. The maximum Gasteiger partial charge on any atom is 0.254 e. The molecule has 0 bridgehead atoms. The lowest BCUT2D eigenvalue weighted by Gasteiger charge is -2.24. The summed E-state index contributed by atoms with van der Waals surface area (Å²) in [5.41, 5.74) is 8.15. The highest BCUT2D eigenvalue weighted by Crippen LogP contribution is 2.28. The number of hydrogen-bond donors (Lipinski definition) is 1. The molecule has 126 valence electrons.